The number of phenolic OH excluding ortho intramolecular Hbond substituents is 1. The molecule has 2 aromatic carbocycles. The second-order valence-corrected chi connectivity index (χ2v) is 14.8. The molecule has 9 nitrogen and oxygen atoms in total. The van der Waals surface area contributed by atoms with Crippen LogP contribution in [0.5, 0.6) is 11.8 Å². The van der Waals surface area contributed by atoms with Crippen molar-refractivity contribution in [2.24, 2.45) is 0 Å². The first-order valence-corrected chi connectivity index (χ1v) is 17.3. The van der Waals surface area contributed by atoms with Crippen LogP contribution in [0.1, 0.15) is 62.8 Å². The largest absolute Gasteiger partial charge is 0.508 e. The predicted octanol–water partition coefficient (Wildman–Crippen LogP) is 5.00. The molecule has 0 amide bonds. The Bertz CT molecular complexity index is 2030. The van der Waals surface area contributed by atoms with Crippen LogP contribution in [-0.4, -0.2) is 80.6 Å². The van der Waals surface area contributed by atoms with Gasteiger partial charge in [0.25, 0.3) is 5.56 Å². The summed E-state index contributed by atoms with van der Waals surface area (Å²) in [6.45, 7) is 2.57. The fourth-order valence-electron chi connectivity index (χ4n) is 9.75. The number of anilines is 1. The van der Waals surface area contributed by atoms with Gasteiger partial charge in [0.2, 0.25) is 0 Å². The number of aromatic nitrogens is 3. The number of hydrogen-bond donors (Lipinski definition) is 2. The maximum Gasteiger partial charge on any atom is 0.319 e. The van der Waals surface area contributed by atoms with E-state index in [9.17, 15) is 14.3 Å². The summed E-state index contributed by atoms with van der Waals surface area (Å²) in [7, 11) is 0. The van der Waals surface area contributed by atoms with E-state index in [1.807, 2.05) is 12.1 Å². The van der Waals surface area contributed by atoms with Gasteiger partial charge in [-0.15, -0.1) is 0 Å². The number of rotatable bonds is 5. The zero-order valence-electron chi connectivity index (χ0n) is 26.2. The number of piperazine rings is 1. The monoisotopic (exact) mass is 640 g/mol. The molecule has 10 rings (SSSR count). The van der Waals surface area contributed by atoms with Crippen LogP contribution in [0.25, 0.3) is 32.9 Å². The molecule has 5 atom stereocenters. The number of aryl methyl sites for hydroxylation is 1. The van der Waals surface area contributed by atoms with Gasteiger partial charge in [0.1, 0.15) is 29.6 Å². The molecule has 2 aromatic heterocycles. The fraction of sp³-hybridized carbons (Fsp3) is 0.528. The van der Waals surface area contributed by atoms with Gasteiger partial charge in [-0.1, -0.05) is 18.2 Å². The zero-order valence-corrected chi connectivity index (χ0v) is 26.2. The van der Waals surface area contributed by atoms with E-state index in [1.165, 1.54) is 6.07 Å². The maximum atomic E-state index is 17.3. The van der Waals surface area contributed by atoms with Crippen LogP contribution in [-0.2, 0) is 6.54 Å². The van der Waals surface area contributed by atoms with Crippen molar-refractivity contribution in [1.82, 2.24) is 24.8 Å². The third kappa shape index (κ3) is 4.21. The minimum absolute atomic E-state index is 0.0232. The molecule has 11 heteroatoms. The molecule has 3 unspecified atom stereocenters. The molecule has 1 saturated carbocycles. The van der Waals surface area contributed by atoms with Crippen LogP contribution in [0.15, 0.2) is 35.1 Å². The van der Waals surface area contributed by atoms with Gasteiger partial charge in [-0.25, -0.2) is 8.78 Å². The second kappa shape index (κ2) is 10.1. The number of benzene rings is 2. The average molecular weight is 641 g/mol. The minimum Gasteiger partial charge on any atom is -0.508 e. The molecule has 0 radical (unpaired) electrons. The van der Waals surface area contributed by atoms with Gasteiger partial charge in [0.15, 0.2) is 11.6 Å². The summed E-state index contributed by atoms with van der Waals surface area (Å²) >= 11 is 0. The number of halogens is 2. The Morgan fingerprint density at radius 1 is 1.09 bits per heavy atom. The van der Waals surface area contributed by atoms with E-state index in [2.05, 4.69) is 21.2 Å². The molecule has 1 aliphatic carbocycles. The summed E-state index contributed by atoms with van der Waals surface area (Å²) in [4.78, 5) is 28.7. The molecule has 6 aliphatic rings. The van der Waals surface area contributed by atoms with E-state index in [1.54, 1.807) is 10.6 Å². The lowest BCUT2D eigenvalue weighted by atomic mass is 9.92. The quantitative estimate of drug-likeness (QED) is 0.315. The molecular weight excluding hydrogens is 602 g/mol. The number of phenols is 1. The predicted molar refractivity (Wildman–Crippen MR) is 175 cm³/mol. The highest BCUT2D eigenvalue weighted by Crippen LogP contribution is 2.47. The number of aromatic hydroxyl groups is 1. The van der Waals surface area contributed by atoms with Crippen LogP contribution in [0.3, 0.4) is 0 Å². The number of pyridine rings is 1. The minimum atomic E-state index is -0.898. The summed E-state index contributed by atoms with van der Waals surface area (Å²) in [5, 5.41) is 16.2. The first-order chi connectivity index (χ1) is 22.9. The van der Waals surface area contributed by atoms with Gasteiger partial charge in [0, 0.05) is 49.7 Å². The highest BCUT2D eigenvalue weighted by Gasteiger charge is 2.50. The number of nitrogens with one attached hydrogen (secondary N) is 1. The van der Waals surface area contributed by atoms with Gasteiger partial charge in [-0.3, -0.25) is 9.69 Å². The van der Waals surface area contributed by atoms with Crippen LogP contribution in [0.2, 0.25) is 0 Å². The summed E-state index contributed by atoms with van der Waals surface area (Å²) in [5.41, 5.74) is 0.961. The van der Waals surface area contributed by atoms with Crippen molar-refractivity contribution < 1.29 is 18.6 Å². The summed E-state index contributed by atoms with van der Waals surface area (Å²) < 4.78 is 39.9. The molecule has 5 fully saturated rings. The van der Waals surface area contributed by atoms with Crippen LogP contribution in [0, 0.1) is 5.82 Å². The van der Waals surface area contributed by atoms with E-state index in [0.29, 0.717) is 61.3 Å². The van der Waals surface area contributed by atoms with E-state index in [0.717, 1.165) is 61.4 Å². The van der Waals surface area contributed by atoms with Crippen molar-refractivity contribution in [1.29, 1.82) is 0 Å². The Hall–Kier alpha value is -3.83. The highest BCUT2D eigenvalue weighted by atomic mass is 19.1. The first-order valence-electron chi connectivity index (χ1n) is 17.3. The molecule has 7 heterocycles. The molecule has 4 aromatic rings. The van der Waals surface area contributed by atoms with Crippen molar-refractivity contribution in [2.75, 3.05) is 31.1 Å². The maximum absolute atomic E-state index is 17.3. The Morgan fingerprint density at radius 2 is 1.98 bits per heavy atom. The summed E-state index contributed by atoms with van der Waals surface area (Å²) in [6, 6.07) is 9.79. The SMILES string of the molecule is O=c1c(-c2cc(O)cc3cccc(C4CC4)c23)c(F)c2nc(OC[C@@]34CCCN3C[C@H](F)C4)nc3c2n1CCC1C2CCC(CN31)N2. The number of hydrogen-bond acceptors (Lipinski definition) is 8. The third-order valence-corrected chi connectivity index (χ3v) is 12.0. The third-order valence-electron chi connectivity index (χ3n) is 12.0. The Kier molecular flexibility index (Phi) is 6.05. The second-order valence-electron chi connectivity index (χ2n) is 14.8. The lowest BCUT2D eigenvalue weighted by Gasteiger charge is -2.41. The Morgan fingerprint density at radius 3 is 2.85 bits per heavy atom. The highest BCUT2D eigenvalue weighted by molar-refractivity contribution is 6.02. The lowest BCUT2D eigenvalue weighted by Crippen LogP contribution is -2.58. The van der Waals surface area contributed by atoms with Gasteiger partial charge in [-0.05, 0) is 85.9 Å². The lowest BCUT2D eigenvalue weighted by molar-refractivity contribution is 0.107. The first kappa shape index (κ1) is 28.2. The van der Waals surface area contributed by atoms with E-state index in [4.69, 9.17) is 14.7 Å². The van der Waals surface area contributed by atoms with Gasteiger partial charge in [-0.2, -0.15) is 9.97 Å². The molecule has 244 valence electrons. The van der Waals surface area contributed by atoms with E-state index in [-0.39, 0.29) is 41.5 Å². The van der Waals surface area contributed by atoms with Gasteiger partial charge < -0.3 is 24.6 Å². The van der Waals surface area contributed by atoms with E-state index >= 15 is 4.39 Å². The molecule has 0 spiro atoms. The van der Waals surface area contributed by atoms with Crippen molar-refractivity contribution >= 4 is 27.6 Å². The fourth-order valence-corrected chi connectivity index (χ4v) is 9.75. The van der Waals surface area contributed by atoms with Crippen molar-refractivity contribution in [3.05, 3.63) is 52.1 Å². The van der Waals surface area contributed by atoms with Gasteiger partial charge >= 0.3 is 6.01 Å². The smallest absolute Gasteiger partial charge is 0.319 e. The number of nitrogens with zero attached hydrogens (tertiary/aromatic N) is 5. The molecule has 2 bridgehead atoms. The standard InChI is InChI=1S/C36H38F2N6O3/c37-21-15-36(10-2-11-42(36)16-21)18-47-35-40-31-30(38)29(25-14-23(45)13-20-3-1-4-24(28(20)25)19-5-6-19)34(46)43-12-9-27-26-8-7-22(39-26)17-44(27)33(41-35)32(31)43/h1,3-4,13-14,19,21-22,26-27,39,45H,2,5-12,15-18H2/t21-,22?,26?,27?,36+/m1/s1. The topological polar surface area (TPSA) is 95.8 Å². The van der Waals surface area contributed by atoms with Crippen LogP contribution in [0.4, 0.5) is 14.6 Å². The van der Waals surface area contributed by atoms with Crippen molar-refractivity contribution in [3.8, 4) is 22.9 Å². The van der Waals surface area contributed by atoms with Gasteiger partial charge in [0.05, 0.1) is 11.1 Å². The molecular formula is C36H38F2N6O3. The normalized spacial score (nSPS) is 29.8. The van der Waals surface area contributed by atoms with Crippen LogP contribution < -0.4 is 20.5 Å². The number of ether oxygens (including phenoxy) is 1. The molecule has 4 saturated heterocycles. The van der Waals surface area contributed by atoms with Crippen LogP contribution >= 0.6 is 0 Å². The Balaban J connectivity index is 1.19. The molecule has 5 aliphatic heterocycles. The van der Waals surface area contributed by atoms with E-state index < -0.39 is 23.1 Å². The van der Waals surface area contributed by atoms with Crippen molar-refractivity contribution in [2.45, 2.75) is 93.7 Å². The zero-order chi connectivity index (χ0) is 31.6. The summed E-state index contributed by atoms with van der Waals surface area (Å²) in [5.74, 6) is 0.124. The average Bonchev–Trinajstić information content (AvgIpc) is 3.67. The summed E-state index contributed by atoms with van der Waals surface area (Å²) in [6.07, 6.45) is 6.20. The number of alkyl halides is 1. The van der Waals surface area contributed by atoms with Crippen molar-refractivity contribution in [3.63, 3.8) is 0 Å². The Labute approximate surface area is 270 Å². The molecule has 2 N–H and O–H groups in total. The molecule has 47 heavy (non-hydrogen) atoms. The number of fused-ring (bicyclic) bond motifs is 7.